The second-order valence-corrected chi connectivity index (χ2v) is 4.95. The van der Waals surface area contributed by atoms with Gasteiger partial charge in [-0.1, -0.05) is 12.1 Å². The summed E-state index contributed by atoms with van der Waals surface area (Å²) < 4.78 is 37.3. The van der Waals surface area contributed by atoms with Gasteiger partial charge in [-0.3, -0.25) is 0 Å². The van der Waals surface area contributed by atoms with Crippen LogP contribution in [0.25, 0.3) is 0 Å². The molecule has 1 N–H and O–H groups in total. The normalized spacial score (nSPS) is 15.6. The number of nitrogens with zero attached hydrogens (tertiary/aromatic N) is 1. The van der Waals surface area contributed by atoms with Crippen molar-refractivity contribution in [1.82, 2.24) is 5.32 Å². The van der Waals surface area contributed by atoms with Crippen LogP contribution in [0.3, 0.4) is 0 Å². The summed E-state index contributed by atoms with van der Waals surface area (Å²) in [6.07, 6.45) is -1.71. The first kappa shape index (κ1) is 14.2. The van der Waals surface area contributed by atoms with Crippen LogP contribution in [0.5, 0.6) is 0 Å². The summed E-state index contributed by atoms with van der Waals surface area (Å²) in [4.78, 5) is 1.33. The third-order valence-corrected chi connectivity index (χ3v) is 3.23. The molecular formula is C14H19F3N2. The third kappa shape index (κ3) is 4.74. The highest BCUT2D eigenvalue weighted by Gasteiger charge is 2.30. The Balaban J connectivity index is 1.94. The zero-order valence-corrected chi connectivity index (χ0v) is 11.0. The Hall–Kier alpha value is -1.23. The van der Waals surface area contributed by atoms with Crippen molar-refractivity contribution in [2.45, 2.75) is 38.5 Å². The number of anilines is 1. The standard InChI is InChI=1S/C14H19F3N2/c1-2-19(10-14(15,16)17)13-7-3-11(4-8-13)9-18-12-5-6-12/h3-4,7-8,12,18H,2,5-6,9-10H2,1H3. The third-order valence-electron chi connectivity index (χ3n) is 3.23. The summed E-state index contributed by atoms with van der Waals surface area (Å²) in [7, 11) is 0. The molecule has 0 aromatic heterocycles. The first-order valence-corrected chi connectivity index (χ1v) is 6.62. The lowest BCUT2D eigenvalue weighted by atomic mass is 10.2. The Kier molecular flexibility index (Phi) is 4.34. The lowest BCUT2D eigenvalue weighted by Crippen LogP contribution is -2.34. The molecule has 2 nitrogen and oxygen atoms in total. The van der Waals surface area contributed by atoms with E-state index in [4.69, 9.17) is 0 Å². The molecule has 5 heteroatoms. The number of benzene rings is 1. The SMILES string of the molecule is CCN(CC(F)(F)F)c1ccc(CNC2CC2)cc1. The lowest BCUT2D eigenvalue weighted by Gasteiger charge is -2.24. The molecule has 1 aromatic carbocycles. The number of hydrogen-bond donors (Lipinski definition) is 1. The van der Waals surface area contributed by atoms with Gasteiger partial charge in [0.1, 0.15) is 6.54 Å². The Labute approximate surface area is 111 Å². The highest BCUT2D eigenvalue weighted by Crippen LogP contribution is 2.23. The molecule has 0 spiro atoms. The molecule has 0 aliphatic heterocycles. The number of nitrogens with one attached hydrogen (secondary N) is 1. The highest BCUT2D eigenvalue weighted by atomic mass is 19.4. The maximum atomic E-state index is 12.4. The molecule has 0 saturated heterocycles. The first-order chi connectivity index (χ1) is 8.98. The highest BCUT2D eigenvalue weighted by molar-refractivity contribution is 5.47. The van der Waals surface area contributed by atoms with Gasteiger partial charge in [0, 0.05) is 24.8 Å². The van der Waals surface area contributed by atoms with Crippen LogP contribution in [0.4, 0.5) is 18.9 Å². The van der Waals surface area contributed by atoms with E-state index >= 15 is 0 Å². The van der Waals surface area contributed by atoms with Crippen molar-refractivity contribution < 1.29 is 13.2 Å². The molecule has 2 rings (SSSR count). The molecule has 1 aromatic rings. The summed E-state index contributed by atoms with van der Waals surface area (Å²) in [6.45, 7) is 1.97. The minimum absolute atomic E-state index is 0.346. The van der Waals surface area contributed by atoms with Gasteiger partial charge in [-0.25, -0.2) is 0 Å². The summed E-state index contributed by atoms with van der Waals surface area (Å²) in [5.41, 5.74) is 1.73. The van der Waals surface area contributed by atoms with Gasteiger partial charge in [-0.2, -0.15) is 13.2 Å². The van der Waals surface area contributed by atoms with Gasteiger partial charge in [0.25, 0.3) is 0 Å². The molecule has 106 valence electrons. The summed E-state index contributed by atoms with van der Waals surface area (Å²) in [5.74, 6) is 0. The van der Waals surface area contributed by atoms with E-state index in [1.807, 2.05) is 12.1 Å². The average Bonchev–Trinajstić information content (AvgIpc) is 3.17. The second kappa shape index (κ2) is 5.82. The van der Waals surface area contributed by atoms with E-state index in [1.165, 1.54) is 17.7 Å². The van der Waals surface area contributed by atoms with Crippen LogP contribution in [0.15, 0.2) is 24.3 Å². The Morgan fingerprint density at radius 3 is 2.32 bits per heavy atom. The van der Waals surface area contributed by atoms with Crippen LogP contribution in [0.1, 0.15) is 25.3 Å². The van der Waals surface area contributed by atoms with Crippen molar-refractivity contribution in [3.8, 4) is 0 Å². The molecule has 1 aliphatic rings. The van der Waals surface area contributed by atoms with Crippen molar-refractivity contribution in [2.24, 2.45) is 0 Å². The van der Waals surface area contributed by atoms with Crippen molar-refractivity contribution in [1.29, 1.82) is 0 Å². The average molecular weight is 272 g/mol. The minimum atomic E-state index is -4.16. The zero-order chi connectivity index (χ0) is 13.9. The summed E-state index contributed by atoms with van der Waals surface area (Å²) in [6, 6.07) is 7.95. The number of halogens is 3. The van der Waals surface area contributed by atoms with Gasteiger partial charge in [0.2, 0.25) is 0 Å². The lowest BCUT2D eigenvalue weighted by molar-refractivity contribution is -0.119. The molecule has 1 fully saturated rings. The number of hydrogen-bond acceptors (Lipinski definition) is 2. The van der Waals surface area contributed by atoms with Crippen LogP contribution in [0.2, 0.25) is 0 Å². The molecular weight excluding hydrogens is 253 g/mol. The van der Waals surface area contributed by atoms with Crippen molar-refractivity contribution in [2.75, 3.05) is 18.0 Å². The molecule has 1 aliphatic carbocycles. The van der Waals surface area contributed by atoms with Crippen molar-refractivity contribution in [3.63, 3.8) is 0 Å². The quantitative estimate of drug-likeness (QED) is 0.854. The smallest absolute Gasteiger partial charge is 0.363 e. The van der Waals surface area contributed by atoms with E-state index in [0.717, 1.165) is 12.1 Å². The Morgan fingerprint density at radius 2 is 1.84 bits per heavy atom. The van der Waals surface area contributed by atoms with Gasteiger partial charge >= 0.3 is 6.18 Å². The fraction of sp³-hybridized carbons (Fsp3) is 0.571. The van der Waals surface area contributed by atoms with Gasteiger partial charge in [-0.15, -0.1) is 0 Å². The van der Waals surface area contributed by atoms with Gasteiger partial charge in [0.05, 0.1) is 0 Å². The fourth-order valence-corrected chi connectivity index (χ4v) is 1.98. The van der Waals surface area contributed by atoms with Crippen LogP contribution in [-0.4, -0.2) is 25.3 Å². The maximum Gasteiger partial charge on any atom is 0.405 e. The summed E-state index contributed by atoms with van der Waals surface area (Å²) in [5, 5.41) is 3.38. The van der Waals surface area contributed by atoms with Gasteiger partial charge < -0.3 is 10.2 Å². The maximum absolute atomic E-state index is 12.4. The van der Waals surface area contributed by atoms with Crippen LogP contribution in [0, 0.1) is 0 Å². The van der Waals surface area contributed by atoms with E-state index in [-0.39, 0.29) is 0 Å². The van der Waals surface area contributed by atoms with Crippen LogP contribution in [-0.2, 0) is 6.54 Å². The minimum Gasteiger partial charge on any atom is -0.363 e. The van der Waals surface area contributed by atoms with Crippen molar-refractivity contribution in [3.05, 3.63) is 29.8 Å². The van der Waals surface area contributed by atoms with Crippen LogP contribution < -0.4 is 10.2 Å². The van der Waals surface area contributed by atoms with E-state index in [1.54, 1.807) is 19.1 Å². The van der Waals surface area contributed by atoms with E-state index in [2.05, 4.69) is 5.32 Å². The van der Waals surface area contributed by atoms with Crippen molar-refractivity contribution >= 4 is 5.69 Å². The predicted molar refractivity (Wildman–Crippen MR) is 70.2 cm³/mol. The van der Waals surface area contributed by atoms with E-state index < -0.39 is 12.7 Å². The molecule has 0 atom stereocenters. The monoisotopic (exact) mass is 272 g/mol. The fourth-order valence-electron chi connectivity index (χ4n) is 1.98. The van der Waals surface area contributed by atoms with Gasteiger partial charge in [-0.05, 0) is 37.5 Å². The second-order valence-electron chi connectivity index (χ2n) is 4.95. The molecule has 0 bridgehead atoms. The molecule has 0 amide bonds. The Morgan fingerprint density at radius 1 is 1.21 bits per heavy atom. The molecule has 1 saturated carbocycles. The number of rotatable bonds is 6. The topological polar surface area (TPSA) is 15.3 Å². The molecule has 0 heterocycles. The molecule has 19 heavy (non-hydrogen) atoms. The molecule has 0 unspecified atom stereocenters. The summed E-state index contributed by atoms with van der Waals surface area (Å²) >= 11 is 0. The largest absolute Gasteiger partial charge is 0.405 e. The molecule has 0 radical (unpaired) electrons. The number of alkyl halides is 3. The predicted octanol–water partition coefficient (Wildman–Crippen LogP) is 3.33. The van der Waals surface area contributed by atoms with E-state index in [9.17, 15) is 13.2 Å². The Bertz CT molecular complexity index is 396. The van der Waals surface area contributed by atoms with E-state index in [0.29, 0.717) is 18.3 Å². The zero-order valence-electron chi connectivity index (χ0n) is 11.0. The van der Waals surface area contributed by atoms with Crippen LogP contribution >= 0.6 is 0 Å². The first-order valence-electron chi connectivity index (χ1n) is 6.62. The van der Waals surface area contributed by atoms with Gasteiger partial charge in [0.15, 0.2) is 0 Å².